The highest BCUT2D eigenvalue weighted by molar-refractivity contribution is 6.01. The van der Waals surface area contributed by atoms with E-state index < -0.39 is 59.3 Å². The third kappa shape index (κ3) is 8.31. The topological polar surface area (TPSA) is 169 Å². The zero-order valence-electron chi connectivity index (χ0n) is 24.6. The lowest BCUT2D eigenvalue weighted by atomic mass is 9.74. The van der Waals surface area contributed by atoms with Gasteiger partial charge in [0.15, 0.2) is 0 Å². The summed E-state index contributed by atoms with van der Waals surface area (Å²) in [6, 6.07) is 10.2. The summed E-state index contributed by atoms with van der Waals surface area (Å²) in [5.74, 6) is -3.22. The minimum atomic E-state index is -1.34. The highest BCUT2D eigenvalue weighted by Crippen LogP contribution is 2.34. The molecule has 2 atom stereocenters. The summed E-state index contributed by atoms with van der Waals surface area (Å²) in [5.41, 5.74) is 5.52. The smallest absolute Gasteiger partial charge is 0.255 e. The van der Waals surface area contributed by atoms with Crippen LogP contribution in [-0.2, 0) is 29.3 Å². The number of rotatable bonds is 7. The second-order valence-electron chi connectivity index (χ2n) is 11.1. The van der Waals surface area contributed by atoms with Crippen molar-refractivity contribution < 1.29 is 37.8 Å². The van der Waals surface area contributed by atoms with Crippen molar-refractivity contribution in [1.29, 1.82) is 0 Å². The van der Waals surface area contributed by atoms with Crippen molar-refractivity contribution in [3.05, 3.63) is 65.5 Å². The maximum atomic E-state index is 14.2. The van der Waals surface area contributed by atoms with Crippen molar-refractivity contribution >= 4 is 29.5 Å². The van der Waals surface area contributed by atoms with Gasteiger partial charge in [0.1, 0.15) is 30.3 Å². The number of primary amides is 1. The molecule has 2 aliphatic rings. The van der Waals surface area contributed by atoms with Crippen molar-refractivity contribution in [3.63, 3.8) is 0 Å². The average molecular weight is 612 g/mol. The minimum Gasteiger partial charge on any atom is -0.491 e. The van der Waals surface area contributed by atoms with Gasteiger partial charge in [-0.1, -0.05) is 24.3 Å². The number of fused-ring (bicyclic) bond motifs is 1. The number of likely N-dealkylation sites (N-methyl/N-ethyl adjacent to an activating group) is 1. The maximum absolute atomic E-state index is 14.2. The van der Waals surface area contributed by atoms with Crippen LogP contribution in [0.25, 0.3) is 0 Å². The fourth-order valence-electron chi connectivity index (χ4n) is 5.40. The molecule has 0 spiro atoms. The molecule has 12 nitrogen and oxygen atoms in total. The van der Waals surface area contributed by atoms with Crippen molar-refractivity contribution in [1.82, 2.24) is 20.9 Å². The van der Waals surface area contributed by atoms with Gasteiger partial charge in [-0.25, -0.2) is 4.39 Å². The molecule has 2 aromatic carbocycles. The van der Waals surface area contributed by atoms with Crippen LogP contribution < -0.4 is 26.4 Å². The third-order valence-electron chi connectivity index (χ3n) is 8.00. The number of hydrogen-bond donors (Lipinski definition) is 4. The Kier molecular flexibility index (Phi) is 10.9. The predicted molar refractivity (Wildman–Crippen MR) is 157 cm³/mol. The van der Waals surface area contributed by atoms with Crippen molar-refractivity contribution in [2.24, 2.45) is 5.73 Å². The van der Waals surface area contributed by atoms with Gasteiger partial charge in [-0.3, -0.25) is 24.0 Å². The first-order valence-corrected chi connectivity index (χ1v) is 14.5. The average Bonchev–Trinajstić information content (AvgIpc) is 3.01. The summed E-state index contributed by atoms with van der Waals surface area (Å²) in [6.07, 6.45) is 0.351. The molecule has 44 heavy (non-hydrogen) atoms. The number of para-hydroxylation sites is 1. The van der Waals surface area contributed by atoms with E-state index in [0.717, 1.165) is 0 Å². The van der Waals surface area contributed by atoms with E-state index >= 15 is 0 Å². The van der Waals surface area contributed by atoms with E-state index in [1.807, 2.05) is 0 Å². The first kappa shape index (κ1) is 32.4. The molecule has 0 bridgehead atoms. The molecular formula is C31H38FN5O7. The number of benzene rings is 2. The van der Waals surface area contributed by atoms with E-state index in [9.17, 15) is 28.4 Å². The fourth-order valence-corrected chi connectivity index (χ4v) is 5.40. The Labute approximate surface area is 254 Å². The highest BCUT2D eigenvalue weighted by atomic mass is 19.1. The van der Waals surface area contributed by atoms with Crippen LogP contribution in [0, 0.1) is 5.82 Å². The first-order chi connectivity index (χ1) is 21.1. The number of nitrogens with two attached hydrogens (primary N) is 1. The first-order valence-electron chi connectivity index (χ1n) is 14.5. The van der Waals surface area contributed by atoms with Crippen LogP contribution in [0.2, 0.25) is 0 Å². The van der Waals surface area contributed by atoms with Crippen LogP contribution in [0.4, 0.5) is 4.39 Å². The van der Waals surface area contributed by atoms with Crippen molar-refractivity contribution in [2.45, 2.75) is 49.6 Å². The van der Waals surface area contributed by atoms with Crippen LogP contribution in [0.3, 0.4) is 0 Å². The molecule has 2 heterocycles. The molecule has 0 saturated carbocycles. The lowest BCUT2D eigenvalue weighted by molar-refractivity contribution is -0.136. The molecule has 1 fully saturated rings. The predicted octanol–water partition coefficient (Wildman–Crippen LogP) is 0.780. The van der Waals surface area contributed by atoms with E-state index in [1.165, 1.54) is 30.1 Å². The Morgan fingerprint density at radius 2 is 1.82 bits per heavy atom. The standard InChI is InChI=1S/C31H38FN5O7/c1-37-13-16-44-25-8-3-2-7-22(25)28(40)36-24(18-27(39)35-23(30(37)42)9-10-26(33)38)29(41)34-19-31(11-14-43-15-12-31)20-5-4-6-21(32)17-20/h2-8,17,23-24H,9-16,18-19H2,1H3,(H2,33,38)(H,34,41)(H,35,39)(H,36,40)/t23-,24-/m0/s1. The van der Waals surface area contributed by atoms with E-state index in [1.54, 1.807) is 30.3 Å². The molecule has 5 amide bonds. The van der Waals surface area contributed by atoms with Crippen LogP contribution in [-0.4, -0.2) is 86.5 Å². The van der Waals surface area contributed by atoms with Crippen LogP contribution in [0.15, 0.2) is 48.5 Å². The monoisotopic (exact) mass is 611 g/mol. The van der Waals surface area contributed by atoms with E-state index in [0.29, 0.717) is 31.6 Å². The van der Waals surface area contributed by atoms with E-state index in [-0.39, 0.29) is 43.9 Å². The molecule has 2 aliphatic heterocycles. The number of halogens is 1. The van der Waals surface area contributed by atoms with Gasteiger partial charge in [0, 0.05) is 38.6 Å². The Morgan fingerprint density at radius 1 is 1.07 bits per heavy atom. The number of carbonyl (C=O) groups excluding carboxylic acids is 5. The summed E-state index contributed by atoms with van der Waals surface area (Å²) in [6.45, 7) is 1.12. The van der Waals surface area contributed by atoms with Gasteiger partial charge in [0.25, 0.3) is 5.91 Å². The molecule has 0 radical (unpaired) electrons. The number of ether oxygens (including phenoxy) is 2. The third-order valence-corrected chi connectivity index (χ3v) is 8.00. The zero-order valence-corrected chi connectivity index (χ0v) is 24.6. The SMILES string of the molecule is CN1CCOc2ccccc2C(=O)N[C@H](C(=O)NCC2(c3cccc(F)c3)CCOCC2)CC(=O)N[C@@H](CCC(N)=O)C1=O. The van der Waals surface area contributed by atoms with Crippen LogP contribution >= 0.6 is 0 Å². The van der Waals surface area contributed by atoms with Gasteiger partial charge in [-0.15, -0.1) is 0 Å². The van der Waals surface area contributed by atoms with Gasteiger partial charge < -0.3 is 36.1 Å². The van der Waals surface area contributed by atoms with Gasteiger partial charge in [0.2, 0.25) is 23.6 Å². The number of carbonyl (C=O) groups is 5. The number of nitrogens with one attached hydrogen (secondary N) is 3. The Bertz CT molecular complexity index is 1380. The highest BCUT2D eigenvalue weighted by Gasteiger charge is 2.37. The fraction of sp³-hybridized carbons (Fsp3) is 0.452. The van der Waals surface area contributed by atoms with Crippen molar-refractivity contribution in [2.75, 3.05) is 40.0 Å². The summed E-state index contributed by atoms with van der Waals surface area (Å²) in [4.78, 5) is 66.3. The molecule has 0 unspecified atom stereocenters. The Morgan fingerprint density at radius 3 is 2.55 bits per heavy atom. The van der Waals surface area contributed by atoms with Crippen LogP contribution in [0.1, 0.15) is 48.0 Å². The second kappa shape index (κ2) is 14.8. The Hall–Kier alpha value is -4.52. The number of nitrogens with zero attached hydrogens (tertiary/aromatic N) is 1. The van der Waals surface area contributed by atoms with E-state index in [4.69, 9.17) is 15.2 Å². The molecule has 0 aromatic heterocycles. The van der Waals surface area contributed by atoms with Crippen LogP contribution in [0.5, 0.6) is 5.75 Å². The summed E-state index contributed by atoms with van der Waals surface area (Å²) in [5, 5.41) is 8.12. The molecular weight excluding hydrogens is 573 g/mol. The van der Waals surface area contributed by atoms with Gasteiger partial charge in [0.05, 0.1) is 18.5 Å². The summed E-state index contributed by atoms with van der Waals surface area (Å²) in [7, 11) is 1.53. The molecule has 0 aliphatic carbocycles. The zero-order chi connectivity index (χ0) is 31.7. The molecule has 2 aromatic rings. The van der Waals surface area contributed by atoms with E-state index in [2.05, 4.69) is 16.0 Å². The number of amides is 5. The molecule has 5 N–H and O–H groups in total. The lowest BCUT2D eigenvalue weighted by Crippen LogP contribution is -2.54. The summed E-state index contributed by atoms with van der Waals surface area (Å²) < 4.78 is 25.5. The molecule has 1 saturated heterocycles. The second-order valence-corrected chi connectivity index (χ2v) is 11.1. The quantitative estimate of drug-likeness (QED) is 0.359. The van der Waals surface area contributed by atoms with Gasteiger partial charge in [-0.05, 0) is 49.1 Å². The maximum Gasteiger partial charge on any atom is 0.255 e. The summed E-state index contributed by atoms with van der Waals surface area (Å²) >= 11 is 0. The van der Waals surface area contributed by atoms with Gasteiger partial charge >= 0.3 is 0 Å². The minimum absolute atomic E-state index is 0.0405. The number of hydrogen-bond acceptors (Lipinski definition) is 7. The largest absolute Gasteiger partial charge is 0.491 e. The Balaban J connectivity index is 1.60. The molecule has 236 valence electrons. The van der Waals surface area contributed by atoms with Gasteiger partial charge in [-0.2, -0.15) is 0 Å². The lowest BCUT2D eigenvalue weighted by Gasteiger charge is -2.38. The molecule has 4 rings (SSSR count). The normalized spacial score (nSPS) is 21.1. The van der Waals surface area contributed by atoms with Crippen molar-refractivity contribution in [3.8, 4) is 5.75 Å². The molecule has 13 heteroatoms.